The van der Waals surface area contributed by atoms with Crippen molar-refractivity contribution in [3.8, 4) is 11.4 Å². The lowest BCUT2D eigenvalue weighted by Crippen LogP contribution is -2.05. The van der Waals surface area contributed by atoms with Gasteiger partial charge in [-0.2, -0.15) is 13.2 Å². The van der Waals surface area contributed by atoms with E-state index in [1.807, 2.05) is 11.5 Å². The fourth-order valence-electron chi connectivity index (χ4n) is 2.75. The normalized spacial score (nSPS) is 11.9. The first-order chi connectivity index (χ1) is 12.9. The molecule has 0 unspecified atom stereocenters. The van der Waals surface area contributed by atoms with Gasteiger partial charge in [0.25, 0.3) is 0 Å². The molecule has 0 radical (unpaired) electrons. The van der Waals surface area contributed by atoms with Crippen molar-refractivity contribution in [2.45, 2.75) is 50.3 Å². The summed E-state index contributed by atoms with van der Waals surface area (Å²) in [7, 11) is 0. The molecule has 0 spiro atoms. The number of benzene rings is 1. The van der Waals surface area contributed by atoms with Crippen LogP contribution < -0.4 is 0 Å². The van der Waals surface area contributed by atoms with Gasteiger partial charge in [0.05, 0.1) is 5.56 Å². The summed E-state index contributed by atoms with van der Waals surface area (Å²) in [5.74, 6) is 1.22. The molecule has 0 aliphatic rings. The smallest absolute Gasteiger partial charge is 0.302 e. The van der Waals surface area contributed by atoms with Crippen LogP contribution in [-0.4, -0.2) is 14.8 Å². The van der Waals surface area contributed by atoms with Crippen molar-refractivity contribution < 1.29 is 13.2 Å². The average Bonchev–Trinajstić information content (AvgIpc) is 3.26. The SMILES string of the molecule is CCCc1cc(-c2nnc(SCc3cccc(C(F)(F)F)c3)n2CC)cs1. The molecule has 0 bridgehead atoms. The van der Waals surface area contributed by atoms with Gasteiger partial charge < -0.3 is 4.57 Å². The summed E-state index contributed by atoms with van der Waals surface area (Å²) >= 11 is 3.12. The van der Waals surface area contributed by atoms with Crippen LogP contribution in [0, 0.1) is 0 Å². The zero-order chi connectivity index (χ0) is 19.4. The third kappa shape index (κ3) is 4.73. The van der Waals surface area contributed by atoms with E-state index in [1.54, 1.807) is 17.4 Å². The third-order valence-electron chi connectivity index (χ3n) is 4.06. The molecule has 2 aromatic heterocycles. The van der Waals surface area contributed by atoms with Gasteiger partial charge in [0, 0.05) is 28.1 Å². The van der Waals surface area contributed by atoms with Crippen molar-refractivity contribution in [1.29, 1.82) is 0 Å². The molecule has 3 rings (SSSR count). The first-order valence-electron chi connectivity index (χ1n) is 8.72. The van der Waals surface area contributed by atoms with Crippen LogP contribution in [0.25, 0.3) is 11.4 Å². The van der Waals surface area contributed by atoms with Crippen LogP contribution >= 0.6 is 23.1 Å². The van der Waals surface area contributed by atoms with Gasteiger partial charge in [0.15, 0.2) is 11.0 Å². The predicted molar refractivity (Wildman–Crippen MR) is 104 cm³/mol. The topological polar surface area (TPSA) is 30.7 Å². The summed E-state index contributed by atoms with van der Waals surface area (Å²) in [6.07, 6.45) is -2.19. The number of thioether (sulfide) groups is 1. The van der Waals surface area contributed by atoms with Crippen LogP contribution in [0.4, 0.5) is 13.2 Å². The molecule has 0 fully saturated rings. The maximum absolute atomic E-state index is 12.9. The van der Waals surface area contributed by atoms with Gasteiger partial charge in [-0.1, -0.05) is 43.3 Å². The molecular weight excluding hydrogens is 391 g/mol. The Kier molecular flexibility index (Phi) is 6.26. The minimum absolute atomic E-state index is 0.409. The van der Waals surface area contributed by atoms with Gasteiger partial charge in [-0.3, -0.25) is 0 Å². The van der Waals surface area contributed by atoms with Gasteiger partial charge in [-0.15, -0.1) is 21.5 Å². The second kappa shape index (κ2) is 8.48. The first-order valence-corrected chi connectivity index (χ1v) is 10.6. The molecule has 3 aromatic rings. The van der Waals surface area contributed by atoms with Crippen LogP contribution in [0.2, 0.25) is 0 Å². The van der Waals surface area contributed by atoms with E-state index in [9.17, 15) is 13.2 Å². The Balaban J connectivity index is 1.77. The van der Waals surface area contributed by atoms with Crippen LogP contribution in [0.3, 0.4) is 0 Å². The maximum atomic E-state index is 12.9. The Bertz CT molecular complexity index is 900. The molecule has 0 saturated carbocycles. The van der Waals surface area contributed by atoms with Crippen molar-refractivity contribution in [3.05, 3.63) is 51.7 Å². The fraction of sp³-hybridized carbons (Fsp3) is 0.368. The lowest BCUT2D eigenvalue weighted by molar-refractivity contribution is -0.137. The highest BCUT2D eigenvalue weighted by atomic mass is 32.2. The molecule has 0 N–H and O–H groups in total. The van der Waals surface area contributed by atoms with E-state index in [2.05, 4.69) is 28.6 Å². The largest absolute Gasteiger partial charge is 0.416 e. The molecule has 144 valence electrons. The van der Waals surface area contributed by atoms with Crippen molar-refractivity contribution in [2.24, 2.45) is 0 Å². The van der Waals surface area contributed by atoms with Crippen molar-refractivity contribution in [3.63, 3.8) is 0 Å². The lowest BCUT2D eigenvalue weighted by Gasteiger charge is -2.09. The number of hydrogen-bond donors (Lipinski definition) is 0. The lowest BCUT2D eigenvalue weighted by atomic mass is 10.1. The highest BCUT2D eigenvalue weighted by molar-refractivity contribution is 7.98. The Morgan fingerprint density at radius 1 is 1.15 bits per heavy atom. The standard InChI is InChI=1S/C19H20F3N3S2/c1-3-6-16-10-14(12-26-16)17-23-24-18(25(17)4-2)27-11-13-7-5-8-15(9-13)19(20,21)22/h5,7-10,12H,3-4,6,11H2,1-2H3. The number of aromatic nitrogens is 3. The molecule has 0 aliphatic carbocycles. The van der Waals surface area contributed by atoms with Gasteiger partial charge in [-0.25, -0.2) is 0 Å². The number of nitrogens with zero attached hydrogens (tertiary/aromatic N) is 3. The van der Waals surface area contributed by atoms with Gasteiger partial charge in [0.2, 0.25) is 0 Å². The Hall–Kier alpha value is -1.80. The molecule has 3 nitrogen and oxygen atoms in total. The molecule has 2 heterocycles. The van der Waals surface area contributed by atoms with E-state index in [4.69, 9.17) is 0 Å². The third-order valence-corrected chi connectivity index (χ3v) is 6.10. The monoisotopic (exact) mass is 411 g/mol. The van der Waals surface area contributed by atoms with E-state index in [-0.39, 0.29) is 0 Å². The minimum atomic E-state index is -4.33. The summed E-state index contributed by atoms with van der Waals surface area (Å²) in [6, 6.07) is 7.56. The van der Waals surface area contributed by atoms with Crippen LogP contribution in [0.5, 0.6) is 0 Å². The molecule has 0 amide bonds. The van der Waals surface area contributed by atoms with Gasteiger partial charge in [0.1, 0.15) is 0 Å². The van der Waals surface area contributed by atoms with E-state index in [1.165, 1.54) is 28.8 Å². The summed E-state index contributed by atoms with van der Waals surface area (Å²) < 4.78 is 40.6. The van der Waals surface area contributed by atoms with Gasteiger partial charge in [-0.05, 0) is 31.0 Å². The summed E-state index contributed by atoms with van der Waals surface area (Å²) in [5.41, 5.74) is 1.03. The van der Waals surface area contributed by atoms with Crippen molar-refractivity contribution in [2.75, 3.05) is 0 Å². The number of thiophene rings is 1. The van der Waals surface area contributed by atoms with E-state index >= 15 is 0 Å². The Labute approximate surface area is 164 Å². The second-order valence-corrected chi connectivity index (χ2v) is 8.03. The van der Waals surface area contributed by atoms with Crippen molar-refractivity contribution >= 4 is 23.1 Å². The maximum Gasteiger partial charge on any atom is 0.416 e. The van der Waals surface area contributed by atoms with Gasteiger partial charge >= 0.3 is 6.18 Å². The highest BCUT2D eigenvalue weighted by Gasteiger charge is 2.30. The van der Waals surface area contributed by atoms with E-state index in [0.29, 0.717) is 23.0 Å². The number of rotatable bonds is 7. The molecule has 8 heteroatoms. The quantitative estimate of drug-likeness (QED) is 0.428. The fourth-order valence-corrected chi connectivity index (χ4v) is 4.67. The van der Waals surface area contributed by atoms with Crippen molar-refractivity contribution in [1.82, 2.24) is 14.8 Å². The molecule has 0 atom stereocenters. The van der Waals surface area contributed by atoms with Crippen LogP contribution in [0.1, 0.15) is 36.3 Å². The highest BCUT2D eigenvalue weighted by Crippen LogP contribution is 2.32. The average molecular weight is 412 g/mol. The zero-order valence-corrected chi connectivity index (χ0v) is 16.7. The predicted octanol–water partition coefficient (Wildman–Crippen LogP) is 6.29. The summed E-state index contributed by atoms with van der Waals surface area (Å²) in [4.78, 5) is 1.32. The van der Waals surface area contributed by atoms with E-state index in [0.717, 1.165) is 30.3 Å². The molecule has 0 aliphatic heterocycles. The molecule has 27 heavy (non-hydrogen) atoms. The number of hydrogen-bond acceptors (Lipinski definition) is 4. The second-order valence-electron chi connectivity index (χ2n) is 6.09. The molecule has 0 saturated heterocycles. The Morgan fingerprint density at radius 3 is 2.67 bits per heavy atom. The van der Waals surface area contributed by atoms with Crippen LogP contribution in [0.15, 0.2) is 40.9 Å². The number of halogens is 3. The number of alkyl halides is 3. The molecular formula is C19H20F3N3S2. The number of aryl methyl sites for hydroxylation is 1. The Morgan fingerprint density at radius 2 is 1.96 bits per heavy atom. The minimum Gasteiger partial charge on any atom is -0.302 e. The summed E-state index contributed by atoms with van der Waals surface area (Å²) in [5, 5.41) is 11.4. The molecule has 1 aromatic carbocycles. The summed E-state index contributed by atoms with van der Waals surface area (Å²) in [6.45, 7) is 4.86. The van der Waals surface area contributed by atoms with Crippen LogP contribution in [-0.2, 0) is 24.9 Å². The zero-order valence-electron chi connectivity index (χ0n) is 15.1. The van der Waals surface area contributed by atoms with E-state index < -0.39 is 11.7 Å². The first kappa shape index (κ1) is 19.9.